The number of aromatic nitrogens is 2. The predicted molar refractivity (Wildman–Crippen MR) is 123 cm³/mol. The molecule has 2 aromatic rings. The highest BCUT2D eigenvalue weighted by Gasteiger charge is 2.29. The van der Waals surface area contributed by atoms with Gasteiger partial charge in [-0.25, -0.2) is 8.42 Å². The first-order valence-electron chi connectivity index (χ1n) is 11.3. The highest BCUT2D eigenvalue weighted by atomic mass is 32.2. The normalized spacial score (nSPS) is 19.8. The van der Waals surface area contributed by atoms with Gasteiger partial charge in [0.2, 0.25) is 0 Å². The summed E-state index contributed by atoms with van der Waals surface area (Å²) >= 11 is 0. The minimum absolute atomic E-state index is 0.0293. The molecule has 9 heteroatoms. The second kappa shape index (κ2) is 9.52. The molecule has 0 aliphatic carbocycles. The summed E-state index contributed by atoms with van der Waals surface area (Å²) in [6.07, 6.45) is 8.54. The smallest absolute Gasteiger partial charge is 0.257 e. The zero-order valence-corrected chi connectivity index (χ0v) is 19.7. The molecule has 32 heavy (non-hydrogen) atoms. The van der Waals surface area contributed by atoms with E-state index in [1.165, 1.54) is 31.7 Å². The van der Waals surface area contributed by atoms with Crippen molar-refractivity contribution in [1.82, 2.24) is 15.1 Å². The number of amides is 1. The maximum Gasteiger partial charge on any atom is 0.257 e. The Morgan fingerprint density at radius 3 is 2.69 bits per heavy atom. The van der Waals surface area contributed by atoms with Crippen LogP contribution in [0.4, 0.5) is 5.69 Å². The van der Waals surface area contributed by atoms with Crippen LogP contribution in [0.2, 0.25) is 0 Å². The molecule has 1 N–H and O–H groups in total. The Balaban J connectivity index is 1.51. The summed E-state index contributed by atoms with van der Waals surface area (Å²) in [4.78, 5) is 18.0. The number of nitrogens with zero attached hydrogens (tertiary/aromatic N) is 3. The van der Waals surface area contributed by atoms with Crippen LogP contribution in [0, 0.1) is 5.92 Å². The zero-order chi connectivity index (χ0) is 22.7. The first-order valence-corrected chi connectivity index (χ1v) is 13.2. The van der Waals surface area contributed by atoms with E-state index in [-0.39, 0.29) is 16.7 Å². The van der Waals surface area contributed by atoms with Crippen LogP contribution in [0.5, 0.6) is 5.75 Å². The summed E-state index contributed by atoms with van der Waals surface area (Å²) in [6, 6.07) is 5.89. The fourth-order valence-corrected chi connectivity index (χ4v) is 5.68. The zero-order valence-electron chi connectivity index (χ0n) is 18.8. The molecule has 0 bridgehead atoms. The van der Waals surface area contributed by atoms with E-state index in [4.69, 9.17) is 4.74 Å². The lowest BCUT2D eigenvalue weighted by atomic mass is 9.93. The number of piperidine rings is 2. The van der Waals surface area contributed by atoms with E-state index >= 15 is 0 Å². The Morgan fingerprint density at radius 1 is 1.19 bits per heavy atom. The van der Waals surface area contributed by atoms with Gasteiger partial charge in [0.15, 0.2) is 9.84 Å². The van der Waals surface area contributed by atoms with Crippen LogP contribution >= 0.6 is 0 Å². The van der Waals surface area contributed by atoms with Gasteiger partial charge in [0.05, 0.1) is 24.6 Å². The highest BCUT2D eigenvalue weighted by Crippen LogP contribution is 2.30. The number of benzene rings is 1. The summed E-state index contributed by atoms with van der Waals surface area (Å²) in [7, 11) is -1.74. The summed E-state index contributed by atoms with van der Waals surface area (Å²) < 4.78 is 29.5. The number of carbonyl (C=O) groups excluding carboxylic acids is 1. The lowest BCUT2D eigenvalue weighted by molar-refractivity contribution is 0.0669. The monoisotopic (exact) mass is 460 g/mol. The van der Waals surface area contributed by atoms with E-state index in [0.717, 1.165) is 31.6 Å². The lowest BCUT2D eigenvalue weighted by Crippen LogP contribution is -2.41. The Labute approximate surface area is 189 Å². The number of hydrogen-bond donors (Lipinski definition) is 1. The first kappa shape index (κ1) is 22.6. The van der Waals surface area contributed by atoms with Gasteiger partial charge >= 0.3 is 0 Å². The van der Waals surface area contributed by atoms with Crippen molar-refractivity contribution >= 4 is 21.4 Å². The van der Waals surface area contributed by atoms with Crippen molar-refractivity contribution in [1.29, 1.82) is 0 Å². The van der Waals surface area contributed by atoms with Crippen molar-refractivity contribution in [3.05, 3.63) is 35.7 Å². The third kappa shape index (κ3) is 4.92. The average Bonchev–Trinajstić information content (AvgIpc) is 3.28. The van der Waals surface area contributed by atoms with E-state index in [1.54, 1.807) is 7.11 Å². The van der Waals surface area contributed by atoms with Gasteiger partial charge in [0.1, 0.15) is 10.6 Å². The van der Waals surface area contributed by atoms with Crippen LogP contribution < -0.4 is 9.64 Å². The molecule has 3 heterocycles. The molecule has 0 spiro atoms. The number of aromatic amines is 1. The van der Waals surface area contributed by atoms with Crippen molar-refractivity contribution in [2.45, 2.75) is 43.4 Å². The largest absolute Gasteiger partial charge is 0.496 e. The molecular formula is C23H32N4O4S. The van der Waals surface area contributed by atoms with Crippen molar-refractivity contribution in [3.63, 3.8) is 0 Å². The molecule has 4 rings (SSSR count). The average molecular weight is 461 g/mol. The number of anilines is 1. The van der Waals surface area contributed by atoms with E-state index in [2.05, 4.69) is 15.1 Å². The lowest BCUT2D eigenvalue weighted by Gasteiger charge is -2.34. The topological polar surface area (TPSA) is 95.6 Å². The number of sulfone groups is 1. The van der Waals surface area contributed by atoms with Gasteiger partial charge in [0, 0.05) is 38.1 Å². The standard InChI is InChI=1S/C23H32N4O4S/c1-31-21-9-8-18(26-10-4-3-5-11-26)14-19(21)23(28)27-12-6-7-17(16-27)13-20-22(15-24-25-20)32(2,29)30/h8-9,14-15,17H,3-7,10-13,16H2,1-2H3,(H,24,25)/t17-/m1/s1. The van der Waals surface area contributed by atoms with Crippen LogP contribution in [0.3, 0.4) is 0 Å². The molecule has 1 atom stereocenters. The molecule has 2 fully saturated rings. The molecule has 1 aromatic heterocycles. The molecule has 174 valence electrons. The predicted octanol–water partition coefficient (Wildman–Crippen LogP) is 2.91. The summed E-state index contributed by atoms with van der Waals surface area (Å²) in [5.41, 5.74) is 2.28. The molecule has 1 amide bonds. The SMILES string of the molecule is COc1ccc(N2CCCCC2)cc1C(=O)N1CCC[C@H](Cc2[nH]ncc2S(C)(=O)=O)C1. The first-order chi connectivity index (χ1) is 15.4. The Hall–Kier alpha value is -2.55. The van der Waals surface area contributed by atoms with E-state index in [1.807, 2.05) is 23.1 Å². The van der Waals surface area contributed by atoms with Gasteiger partial charge < -0.3 is 14.5 Å². The number of likely N-dealkylation sites (tertiary alicyclic amines) is 1. The molecule has 1 aromatic carbocycles. The number of rotatable bonds is 6. The third-order valence-corrected chi connectivity index (χ3v) is 7.66. The van der Waals surface area contributed by atoms with Gasteiger partial charge in [-0.15, -0.1) is 0 Å². The number of H-pyrrole nitrogens is 1. The fourth-order valence-electron chi connectivity index (χ4n) is 4.85. The van der Waals surface area contributed by atoms with E-state index in [9.17, 15) is 13.2 Å². The Bertz CT molecular complexity index is 1060. The maximum absolute atomic E-state index is 13.5. The number of carbonyl (C=O) groups is 1. The molecule has 8 nitrogen and oxygen atoms in total. The molecule has 2 aliphatic heterocycles. The van der Waals surface area contributed by atoms with Gasteiger partial charge in [-0.2, -0.15) is 5.10 Å². The molecule has 2 aliphatic rings. The Morgan fingerprint density at radius 2 is 1.97 bits per heavy atom. The fraction of sp³-hybridized carbons (Fsp3) is 0.565. The Kier molecular flexibility index (Phi) is 6.74. The van der Waals surface area contributed by atoms with Crippen molar-refractivity contribution in [3.8, 4) is 5.75 Å². The summed E-state index contributed by atoms with van der Waals surface area (Å²) in [5.74, 6) is 0.731. The highest BCUT2D eigenvalue weighted by molar-refractivity contribution is 7.90. The van der Waals surface area contributed by atoms with Gasteiger partial charge in [0.25, 0.3) is 5.91 Å². The maximum atomic E-state index is 13.5. The minimum Gasteiger partial charge on any atom is -0.496 e. The molecule has 0 radical (unpaired) electrons. The molecular weight excluding hydrogens is 428 g/mol. The summed E-state index contributed by atoms with van der Waals surface area (Å²) in [6.45, 7) is 3.30. The quantitative estimate of drug-likeness (QED) is 0.712. The number of hydrogen-bond acceptors (Lipinski definition) is 6. The van der Waals surface area contributed by atoms with Crippen LogP contribution in [-0.2, 0) is 16.3 Å². The summed E-state index contributed by atoms with van der Waals surface area (Å²) in [5, 5.41) is 6.77. The third-order valence-electron chi connectivity index (χ3n) is 6.51. The van der Waals surface area contributed by atoms with E-state index in [0.29, 0.717) is 36.5 Å². The number of nitrogens with one attached hydrogen (secondary N) is 1. The van der Waals surface area contributed by atoms with Crippen molar-refractivity contribution in [2.75, 3.05) is 44.4 Å². The molecule has 2 saturated heterocycles. The second-order valence-corrected chi connectivity index (χ2v) is 10.9. The van der Waals surface area contributed by atoms with Gasteiger partial charge in [-0.05, 0) is 62.6 Å². The van der Waals surface area contributed by atoms with Crippen LogP contribution in [-0.4, -0.2) is 69.0 Å². The van der Waals surface area contributed by atoms with Crippen LogP contribution in [0.1, 0.15) is 48.2 Å². The molecule has 0 saturated carbocycles. The van der Waals surface area contributed by atoms with Crippen molar-refractivity contribution in [2.24, 2.45) is 5.92 Å². The minimum atomic E-state index is -3.33. The second-order valence-electron chi connectivity index (χ2n) is 8.88. The van der Waals surface area contributed by atoms with Gasteiger partial charge in [-0.3, -0.25) is 9.89 Å². The van der Waals surface area contributed by atoms with Crippen LogP contribution in [0.15, 0.2) is 29.3 Å². The van der Waals surface area contributed by atoms with Gasteiger partial charge in [-0.1, -0.05) is 0 Å². The number of methoxy groups -OCH3 is 1. The van der Waals surface area contributed by atoms with Crippen molar-refractivity contribution < 1.29 is 17.9 Å². The number of ether oxygens (including phenoxy) is 1. The van der Waals surface area contributed by atoms with Crippen LogP contribution in [0.25, 0.3) is 0 Å². The van der Waals surface area contributed by atoms with E-state index < -0.39 is 9.84 Å². The molecule has 0 unspecified atom stereocenters.